The number of nitrogens with one attached hydrogen (secondary N) is 1. The molecule has 5 atom stereocenters. The second-order valence-electron chi connectivity index (χ2n) is 6.01. The van der Waals surface area contributed by atoms with E-state index in [1.54, 1.807) is 0 Å². The highest BCUT2D eigenvalue weighted by atomic mass is 32.2. The smallest absolute Gasteiger partial charge is 0.303 e. The highest BCUT2D eigenvalue weighted by Gasteiger charge is 2.53. The summed E-state index contributed by atoms with van der Waals surface area (Å²) in [5, 5.41) is 3.51. The average Bonchev–Trinajstić information content (AvgIpc) is 2.97. The summed E-state index contributed by atoms with van der Waals surface area (Å²) in [6.45, 7) is 3.47. The van der Waals surface area contributed by atoms with Gasteiger partial charge in [-0.2, -0.15) is 0 Å². The van der Waals surface area contributed by atoms with Crippen molar-refractivity contribution in [2.75, 3.05) is 19.8 Å². The van der Waals surface area contributed by atoms with Gasteiger partial charge < -0.3 is 24.3 Å². The van der Waals surface area contributed by atoms with E-state index in [1.165, 1.54) is 32.5 Å². The average molecular weight is 406 g/mol. The predicted octanol–water partition coefficient (Wildman–Crippen LogP) is 0.558. The van der Waals surface area contributed by atoms with Gasteiger partial charge in [0.05, 0.1) is 6.67 Å². The van der Waals surface area contributed by atoms with Crippen molar-refractivity contribution in [2.45, 2.75) is 57.0 Å². The highest BCUT2D eigenvalue weighted by molar-refractivity contribution is 8.14. The van der Waals surface area contributed by atoms with Gasteiger partial charge >= 0.3 is 17.9 Å². The number of thioether (sulfide) groups is 1. The van der Waals surface area contributed by atoms with Crippen LogP contribution in [-0.2, 0) is 33.3 Å². The molecule has 0 spiro atoms. The fraction of sp³-hybridized carbons (Fsp3) is 0.750. The highest BCUT2D eigenvalue weighted by Crippen LogP contribution is 2.38. The Morgan fingerprint density at radius 2 is 1.81 bits per heavy atom. The van der Waals surface area contributed by atoms with E-state index in [2.05, 4.69) is 10.3 Å². The second-order valence-corrected chi connectivity index (χ2v) is 7.09. The number of hydrogen-bond acceptors (Lipinski definition) is 10. The molecular weight excluding hydrogens is 383 g/mol. The standard InChI is InChI=1S/C16H23FN2O7S/c1-8(20)23-7-11-13(24-9(2)21)14(25-10(3)22)12-15(26-11)27-16(19-12)18-6-4-5-17/h11-15H,4-7H2,1-3H3,(H,18,19)/t11-,12-,13-,14-,15-/m1/s1. The summed E-state index contributed by atoms with van der Waals surface area (Å²) < 4.78 is 33.9. The van der Waals surface area contributed by atoms with Crippen LogP contribution in [0.2, 0.25) is 0 Å². The molecule has 2 aliphatic rings. The topological polar surface area (TPSA) is 113 Å². The molecule has 0 aromatic carbocycles. The van der Waals surface area contributed by atoms with Crippen molar-refractivity contribution < 1.29 is 37.7 Å². The van der Waals surface area contributed by atoms with Gasteiger partial charge in [0, 0.05) is 27.3 Å². The van der Waals surface area contributed by atoms with E-state index in [9.17, 15) is 18.8 Å². The summed E-state index contributed by atoms with van der Waals surface area (Å²) in [7, 11) is 0. The lowest BCUT2D eigenvalue weighted by Gasteiger charge is -2.41. The third-order valence-electron chi connectivity index (χ3n) is 3.75. The fourth-order valence-electron chi connectivity index (χ4n) is 2.74. The van der Waals surface area contributed by atoms with Gasteiger partial charge in [-0.25, -0.2) is 0 Å². The van der Waals surface area contributed by atoms with Crippen LogP contribution in [0.4, 0.5) is 4.39 Å². The van der Waals surface area contributed by atoms with E-state index in [1.807, 2.05) is 0 Å². The van der Waals surface area contributed by atoms with Crippen LogP contribution in [-0.4, -0.2) is 72.7 Å². The predicted molar refractivity (Wildman–Crippen MR) is 93.8 cm³/mol. The Morgan fingerprint density at radius 1 is 1.15 bits per heavy atom. The molecule has 2 heterocycles. The lowest BCUT2D eigenvalue weighted by Crippen LogP contribution is -2.59. The number of fused-ring (bicyclic) bond motifs is 1. The minimum Gasteiger partial charge on any atom is -0.463 e. The molecule has 0 saturated carbocycles. The van der Waals surface area contributed by atoms with Crippen molar-refractivity contribution in [3.8, 4) is 0 Å². The number of carbonyl (C=O) groups excluding carboxylic acids is 3. The zero-order valence-electron chi connectivity index (χ0n) is 15.3. The van der Waals surface area contributed by atoms with Gasteiger partial charge in [0.15, 0.2) is 17.4 Å². The third-order valence-corrected chi connectivity index (χ3v) is 4.85. The molecule has 11 heteroatoms. The number of halogens is 1. The number of amidine groups is 1. The van der Waals surface area contributed by atoms with Crippen LogP contribution in [0.5, 0.6) is 0 Å². The molecule has 0 aliphatic carbocycles. The lowest BCUT2D eigenvalue weighted by atomic mass is 9.98. The van der Waals surface area contributed by atoms with Crippen LogP contribution in [0.15, 0.2) is 4.99 Å². The third kappa shape index (κ3) is 6.06. The van der Waals surface area contributed by atoms with Crippen LogP contribution in [0.1, 0.15) is 27.2 Å². The molecule has 1 fully saturated rings. The van der Waals surface area contributed by atoms with Gasteiger partial charge in [0.2, 0.25) is 0 Å². The quantitative estimate of drug-likeness (QED) is 0.368. The Bertz CT molecular complexity index is 603. The number of nitrogens with zero attached hydrogens (tertiary/aromatic N) is 1. The van der Waals surface area contributed by atoms with Crippen molar-refractivity contribution >= 4 is 34.8 Å². The maximum Gasteiger partial charge on any atom is 0.303 e. The molecule has 152 valence electrons. The van der Waals surface area contributed by atoms with Gasteiger partial charge in [-0.3, -0.25) is 23.8 Å². The number of alkyl halides is 1. The summed E-state index contributed by atoms with van der Waals surface area (Å²) in [4.78, 5) is 38.7. The molecule has 0 radical (unpaired) electrons. The first-order valence-corrected chi connectivity index (χ1v) is 9.37. The Labute approximate surface area is 160 Å². The summed E-state index contributed by atoms with van der Waals surface area (Å²) in [5.41, 5.74) is -0.533. The normalized spacial score (nSPS) is 29.3. The van der Waals surface area contributed by atoms with Crippen LogP contribution >= 0.6 is 11.8 Å². The monoisotopic (exact) mass is 406 g/mol. The van der Waals surface area contributed by atoms with E-state index in [-0.39, 0.29) is 6.61 Å². The van der Waals surface area contributed by atoms with Crippen molar-refractivity contribution in [3.63, 3.8) is 0 Å². The molecule has 9 nitrogen and oxygen atoms in total. The molecule has 0 unspecified atom stereocenters. The summed E-state index contributed by atoms with van der Waals surface area (Å²) in [6, 6.07) is -0.621. The van der Waals surface area contributed by atoms with Crippen LogP contribution < -0.4 is 5.32 Å². The van der Waals surface area contributed by atoms with E-state index < -0.39 is 54.4 Å². The van der Waals surface area contributed by atoms with Gasteiger partial charge in [0.1, 0.15) is 24.2 Å². The van der Waals surface area contributed by atoms with Gasteiger partial charge in [-0.1, -0.05) is 11.8 Å². The number of aliphatic imine (C=N–C) groups is 1. The first-order chi connectivity index (χ1) is 12.8. The number of rotatable bonds is 7. The number of esters is 3. The molecule has 0 amide bonds. The molecular formula is C16H23FN2O7S. The number of hydrogen-bond donors (Lipinski definition) is 1. The Kier molecular flexibility index (Phi) is 7.84. The summed E-state index contributed by atoms with van der Waals surface area (Å²) in [5.74, 6) is -1.68. The first kappa shape index (κ1) is 21.4. The second kappa shape index (κ2) is 9.88. The Morgan fingerprint density at radius 3 is 2.41 bits per heavy atom. The minimum atomic E-state index is -0.985. The van der Waals surface area contributed by atoms with Crippen LogP contribution in [0, 0.1) is 0 Å². The van der Waals surface area contributed by atoms with Gasteiger partial charge in [-0.05, 0) is 6.42 Å². The van der Waals surface area contributed by atoms with Crippen molar-refractivity contribution in [3.05, 3.63) is 0 Å². The van der Waals surface area contributed by atoms with Crippen LogP contribution in [0.25, 0.3) is 0 Å². The largest absolute Gasteiger partial charge is 0.463 e. The summed E-state index contributed by atoms with van der Waals surface area (Å²) >= 11 is 1.26. The zero-order chi connectivity index (χ0) is 20.0. The summed E-state index contributed by atoms with van der Waals surface area (Å²) in [6.07, 6.45) is -2.38. The molecule has 1 saturated heterocycles. The minimum absolute atomic E-state index is 0.167. The lowest BCUT2D eigenvalue weighted by molar-refractivity contribution is -0.208. The molecule has 0 aromatic heterocycles. The van der Waals surface area contributed by atoms with Gasteiger partial charge in [0.25, 0.3) is 0 Å². The van der Waals surface area contributed by atoms with Crippen molar-refractivity contribution in [1.29, 1.82) is 0 Å². The molecule has 27 heavy (non-hydrogen) atoms. The maximum atomic E-state index is 12.3. The van der Waals surface area contributed by atoms with E-state index in [0.29, 0.717) is 18.1 Å². The maximum absolute atomic E-state index is 12.3. The number of carbonyl (C=O) groups is 3. The van der Waals surface area contributed by atoms with E-state index in [4.69, 9.17) is 18.9 Å². The Hall–Kier alpha value is -1.88. The molecule has 0 aromatic rings. The van der Waals surface area contributed by atoms with Gasteiger partial charge in [-0.15, -0.1) is 0 Å². The molecule has 2 rings (SSSR count). The van der Waals surface area contributed by atoms with Crippen molar-refractivity contribution in [2.24, 2.45) is 4.99 Å². The molecule has 2 aliphatic heterocycles. The first-order valence-electron chi connectivity index (χ1n) is 8.49. The SMILES string of the molecule is CC(=O)OC[C@H]1O[C@@H]2SC(NCCCF)=N[C@@H]2[C@@H](OC(C)=O)[C@@H]1OC(C)=O. The fourth-order valence-corrected chi connectivity index (χ4v) is 3.89. The van der Waals surface area contributed by atoms with E-state index in [0.717, 1.165) is 0 Å². The zero-order valence-corrected chi connectivity index (χ0v) is 16.1. The van der Waals surface area contributed by atoms with Crippen molar-refractivity contribution in [1.82, 2.24) is 5.32 Å². The van der Waals surface area contributed by atoms with Crippen LogP contribution in [0.3, 0.4) is 0 Å². The number of ether oxygens (including phenoxy) is 4. The molecule has 1 N–H and O–H groups in total. The van der Waals surface area contributed by atoms with E-state index >= 15 is 0 Å². The molecule has 0 bridgehead atoms. The Balaban J connectivity index is 2.21.